The second-order valence-electron chi connectivity index (χ2n) is 6.18. The number of anilines is 1. The predicted octanol–water partition coefficient (Wildman–Crippen LogP) is 5.34. The minimum Gasteiger partial charge on any atom is -0.433 e. The number of hydrogen-bond acceptors (Lipinski definition) is 5. The second-order valence-corrected chi connectivity index (χ2v) is 7.93. The number of benzene rings is 2. The molecule has 0 spiro atoms. The quantitative estimate of drug-likeness (QED) is 0.467. The average Bonchev–Trinajstić information content (AvgIpc) is 3.12. The van der Waals surface area contributed by atoms with E-state index in [-0.39, 0.29) is 17.3 Å². The molecule has 3 aromatic rings. The monoisotopic (exact) mass is 452 g/mol. The molecule has 6 nitrogen and oxygen atoms in total. The van der Waals surface area contributed by atoms with E-state index in [0.717, 1.165) is 5.56 Å². The molecule has 1 N–H and O–H groups in total. The molecule has 158 valence electrons. The van der Waals surface area contributed by atoms with E-state index in [4.69, 9.17) is 11.6 Å². The Kier molecular flexibility index (Phi) is 7.28. The van der Waals surface area contributed by atoms with Gasteiger partial charge >= 0.3 is 6.61 Å². The Labute approximate surface area is 181 Å². The molecule has 1 unspecified atom stereocenters. The zero-order valence-corrected chi connectivity index (χ0v) is 17.8. The Hall–Kier alpha value is -2.65. The molecular formula is C20H19ClF2N4O2S. The fraction of sp³-hybridized carbons (Fsp3) is 0.250. The van der Waals surface area contributed by atoms with Gasteiger partial charge in [0.05, 0.1) is 10.9 Å². The molecule has 1 atom stereocenters. The van der Waals surface area contributed by atoms with Crippen molar-refractivity contribution in [2.24, 2.45) is 0 Å². The summed E-state index contributed by atoms with van der Waals surface area (Å²) in [5.41, 5.74) is 1.03. The van der Waals surface area contributed by atoms with Gasteiger partial charge < -0.3 is 14.6 Å². The van der Waals surface area contributed by atoms with Crippen LogP contribution >= 0.6 is 23.4 Å². The van der Waals surface area contributed by atoms with E-state index in [2.05, 4.69) is 20.3 Å². The largest absolute Gasteiger partial charge is 0.433 e. The van der Waals surface area contributed by atoms with E-state index in [1.54, 1.807) is 31.2 Å². The maximum Gasteiger partial charge on any atom is 0.387 e. The topological polar surface area (TPSA) is 69.0 Å². The van der Waals surface area contributed by atoms with Crippen molar-refractivity contribution in [2.75, 3.05) is 5.32 Å². The number of nitrogens with one attached hydrogen (secondary N) is 1. The van der Waals surface area contributed by atoms with Crippen molar-refractivity contribution in [1.29, 1.82) is 0 Å². The maximum absolute atomic E-state index is 12.6. The first kappa shape index (κ1) is 22.0. The van der Waals surface area contributed by atoms with Crippen LogP contribution in [0.1, 0.15) is 13.8 Å². The van der Waals surface area contributed by atoms with Crippen LogP contribution < -0.4 is 10.1 Å². The molecule has 1 amide bonds. The number of para-hydroxylation sites is 2. The number of nitrogens with zero attached hydrogens (tertiary/aromatic N) is 3. The third kappa shape index (κ3) is 5.28. The predicted molar refractivity (Wildman–Crippen MR) is 113 cm³/mol. The summed E-state index contributed by atoms with van der Waals surface area (Å²) in [4.78, 5) is 12.6. The van der Waals surface area contributed by atoms with E-state index in [1.165, 1.54) is 23.9 Å². The van der Waals surface area contributed by atoms with Crippen molar-refractivity contribution in [3.05, 3.63) is 53.6 Å². The van der Waals surface area contributed by atoms with Crippen LogP contribution in [0.3, 0.4) is 0 Å². The molecule has 10 heteroatoms. The lowest BCUT2D eigenvalue weighted by atomic mass is 10.2. The van der Waals surface area contributed by atoms with Gasteiger partial charge in [0.2, 0.25) is 5.91 Å². The van der Waals surface area contributed by atoms with Gasteiger partial charge in [-0.05, 0) is 50.2 Å². The summed E-state index contributed by atoms with van der Waals surface area (Å²) in [5, 5.41) is 11.7. The molecule has 2 aromatic carbocycles. The van der Waals surface area contributed by atoms with E-state index in [9.17, 15) is 13.6 Å². The highest BCUT2D eigenvalue weighted by molar-refractivity contribution is 8.00. The van der Waals surface area contributed by atoms with Crippen LogP contribution in [0.5, 0.6) is 5.75 Å². The summed E-state index contributed by atoms with van der Waals surface area (Å²) in [6, 6.07) is 13.3. The zero-order valence-electron chi connectivity index (χ0n) is 16.2. The van der Waals surface area contributed by atoms with Crippen molar-refractivity contribution >= 4 is 35.0 Å². The number of hydrogen-bond donors (Lipinski definition) is 1. The molecule has 1 aromatic heterocycles. The molecule has 0 bridgehead atoms. The fourth-order valence-electron chi connectivity index (χ4n) is 2.69. The first-order chi connectivity index (χ1) is 14.4. The van der Waals surface area contributed by atoms with Crippen molar-refractivity contribution < 1.29 is 18.3 Å². The summed E-state index contributed by atoms with van der Waals surface area (Å²) < 4.78 is 31.5. The highest BCUT2D eigenvalue weighted by Gasteiger charge is 2.21. The molecule has 0 fully saturated rings. The SMILES string of the molecule is CCn1c(SC(C)C(=O)Nc2ccccc2OC(F)F)nnc1-c1ccc(Cl)cc1. The number of amides is 1. The minimum atomic E-state index is -2.98. The number of alkyl halides is 2. The number of rotatable bonds is 8. The molecule has 0 aliphatic carbocycles. The summed E-state index contributed by atoms with van der Waals surface area (Å²) in [5.74, 6) is 0.198. The number of halogens is 3. The molecule has 0 saturated carbocycles. The highest BCUT2D eigenvalue weighted by atomic mass is 35.5. The van der Waals surface area contributed by atoms with Crippen LogP contribution in [0.15, 0.2) is 53.7 Å². The molecule has 0 saturated heterocycles. The van der Waals surface area contributed by atoms with Crippen LogP contribution in [0.4, 0.5) is 14.5 Å². The Morgan fingerprint density at radius 1 is 1.20 bits per heavy atom. The maximum atomic E-state index is 12.6. The first-order valence-electron chi connectivity index (χ1n) is 9.09. The number of thioether (sulfide) groups is 1. The van der Waals surface area contributed by atoms with Crippen LogP contribution in [0, 0.1) is 0 Å². The molecule has 30 heavy (non-hydrogen) atoms. The summed E-state index contributed by atoms with van der Waals surface area (Å²) >= 11 is 7.17. The highest BCUT2D eigenvalue weighted by Crippen LogP contribution is 2.30. The van der Waals surface area contributed by atoms with E-state index >= 15 is 0 Å². The van der Waals surface area contributed by atoms with Gasteiger partial charge in [-0.1, -0.05) is 35.5 Å². The Morgan fingerprint density at radius 2 is 1.90 bits per heavy atom. The molecular weight excluding hydrogens is 434 g/mol. The third-order valence-corrected chi connectivity index (χ3v) is 5.48. The Bertz CT molecular complexity index is 1010. The number of ether oxygens (including phenoxy) is 1. The van der Waals surface area contributed by atoms with Gasteiger partial charge in [0.1, 0.15) is 5.75 Å². The smallest absolute Gasteiger partial charge is 0.387 e. The van der Waals surface area contributed by atoms with E-state index in [1.807, 2.05) is 23.6 Å². The normalized spacial score (nSPS) is 12.1. The molecule has 0 radical (unpaired) electrons. The van der Waals surface area contributed by atoms with Gasteiger partial charge in [-0.2, -0.15) is 8.78 Å². The van der Waals surface area contributed by atoms with Crippen LogP contribution in [-0.2, 0) is 11.3 Å². The van der Waals surface area contributed by atoms with Crippen molar-refractivity contribution in [3.63, 3.8) is 0 Å². The van der Waals surface area contributed by atoms with Crippen molar-refractivity contribution in [2.45, 2.75) is 37.4 Å². The third-order valence-electron chi connectivity index (χ3n) is 4.15. The van der Waals surface area contributed by atoms with E-state index in [0.29, 0.717) is 22.5 Å². The molecule has 0 aliphatic rings. The van der Waals surface area contributed by atoms with Crippen LogP contribution in [-0.4, -0.2) is 32.5 Å². The lowest BCUT2D eigenvalue weighted by Gasteiger charge is -2.15. The van der Waals surface area contributed by atoms with Gasteiger partial charge in [0.25, 0.3) is 0 Å². The number of carbonyl (C=O) groups is 1. The lowest BCUT2D eigenvalue weighted by molar-refractivity contribution is -0.115. The zero-order chi connectivity index (χ0) is 21.7. The Morgan fingerprint density at radius 3 is 2.57 bits per heavy atom. The Balaban J connectivity index is 1.74. The van der Waals surface area contributed by atoms with Gasteiger partial charge in [-0.15, -0.1) is 10.2 Å². The number of aromatic nitrogens is 3. The lowest BCUT2D eigenvalue weighted by Crippen LogP contribution is -2.23. The molecule has 0 aliphatic heterocycles. The van der Waals surface area contributed by atoms with Crippen LogP contribution in [0.25, 0.3) is 11.4 Å². The fourth-order valence-corrected chi connectivity index (χ4v) is 3.73. The average molecular weight is 453 g/mol. The van der Waals surface area contributed by atoms with Gasteiger partial charge in [0.15, 0.2) is 11.0 Å². The van der Waals surface area contributed by atoms with Crippen molar-refractivity contribution in [1.82, 2.24) is 14.8 Å². The van der Waals surface area contributed by atoms with Crippen LogP contribution in [0.2, 0.25) is 5.02 Å². The molecule has 3 rings (SSSR count). The van der Waals surface area contributed by atoms with Gasteiger partial charge in [0, 0.05) is 17.1 Å². The van der Waals surface area contributed by atoms with Crippen molar-refractivity contribution in [3.8, 4) is 17.1 Å². The molecule has 1 heterocycles. The van der Waals surface area contributed by atoms with E-state index < -0.39 is 11.9 Å². The second kappa shape index (κ2) is 9.90. The summed E-state index contributed by atoms with van der Waals surface area (Å²) in [6.45, 7) is 1.28. The summed E-state index contributed by atoms with van der Waals surface area (Å²) in [6.07, 6.45) is 0. The standard InChI is InChI=1S/C20H19ClF2N4O2S/c1-3-27-17(13-8-10-14(21)11-9-13)25-26-20(27)30-12(2)18(28)24-15-6-4-5-7-16(15)29-19(22)23/h4-12,19H,3H2,1-2H3,(H,24,28). The summed E-state index contributed by atoms with van der Waals surface area (Å²) in [7, 11) is 0. The first-order valence-corrected chi connectivity index (χ1v) is 10.3. The number of carbonyl (C=O) groups excluding carboxylic acids is 1. The van der Waals surface area contributed by atoms with Gasteiger partial charge in [-0.3, -0.25) is 4.79 Å². The minimum absolute atomic E-state index is 0.0974. The van der Waals surface area contributed by atoms with Gasteiger partial charge in [-0.25, -0.2) is 0 Å².